The number of para-hydroxylation sites is 1. The van der Waals surface area contributed by atoms with Crippen LogP contribution in [0.5, 0.6) is 0 Å². The van der Waals surface area contributed by atoms with E-state index in [2.05, 4.69) is 10.3 Å². The predicted octanol–water partition coefficient (Wildman–Crippen LogP) is 0.290. The highest BCUT2D eigenvalue weighted by atomic mass is 16.2. The molecule has 0 bridgehead atoms. The Labute approximate surface area is 139 Å². The number of nitrogens with zero attached hydrogens (tertiary/aromatic N) is 2. The SMILES string of the molecule is CN(C(=O)CCn1c(=O)[nH]c(=O)c2ccccc21)C1CCNCC1. The van der Waals surface area contributed by atoms with Crippen molar-refractivity contribution in [3.8, 4) is 0 Å². The molecule has 1 fully saturated rings. The number of benzene rings is 1. The minimum Gasteiger partial charge on any atom is -0.343 e. The maximum atomic E-state index is 12.4. The van der Waals surface area contributed by atoms with E-state index in [1.165, 1.54) is 4.57 Å². The average molecular weight is 330 g/mol. The Hall–Kier alpha value is -2.41. The van der Waals surface area contributed by atoms with E-state index in [1.54, 1.807) is 29.2 Å². The smallest absolute Gasteiger partial charge is 0.328 e. The molecule has 128 valence electrons. The summed E-state index contributed by atoms with van der Waals surface area (Å²) in [6, 6.07) is 7.19. The van der Waals surface area contributed by atoms with Crippen LogP contribution in [0.1, 0.15) is 19.3 Å². The van der Waals surface area contributed by atoms with E-state index in [0.717, 1.165) is 25.9 Å². The van der Waals surface area contributed by atoms with Crippen LogP contribution in [0.4, 0.5) is 0 Å². The van der Waals surface area contributed by atoms with E-state index >= 15 is 0 Å². The molecule has 1 aromatic carbocycles. The average Bonchev–Trinajstić information content (AvgIpc) is 2.61. The van der Waals surface area contributed by atoms with Gasteiger partial charge in [0.15, 0.2) is 0 Å². The lowest BCUT2D eigenvalue weighted by Crippen LogP contribution is -2.44. The Balaban J connectivity index is 1.77. The number of carbonyl (C=O) groups is 1. The number of H-pyrrole nitrogens is 1. The predicted molar refractivity (Wildman–Crippen MR) is 92.1 cm³/mol. The number of nitrogens with one attached hydrogen (secondary N) is 2. The summed E-state index contributed by atoms with van der Waals surface area (Å²) < 4.78 is 1.46. The highest BCUT2D eigenvalue weighted by molar-refractivity contribution is 5.79. The molecule has 0 spiro atoms. The fourth-order valence-electron chi connectivity index (χ4n) is 3.25. The Bertz CT molecular complexity index is 849. The second-order valence-corrected chi connectivity index (χ2v) is 6.16. The van der Waals surface area contributed by atoms with Gasteiger partial charge in [-0.05, 0) is 38.1 Å². The number of aryl methyl sites for hydroxylation is 1. The molecule has 2 aromatic rings. The van der Waals surface area contributed by atoms with Gasteiger partial charge in [0.05, 0.1) is 10.9 Å². The van der Waals surface area contributed by atoms with E-state index in [9.17, 15) is 14.4 Å². The highest BCUT2D eigenvalue weighted by Crippen LogP contribution is 2.12. The van der Waals surface area contributed by atoms with Crippen molar-refractivity contribution < 1.29 is 4.79 Å². The van der Waals surface area contributed by atoms with Crippen molar-refractivity contribution >= 4 is 16.8 Å². The molecule has 1 amide bonds. The number of fused-ring (bicyclic) bond motifs is 1. The zero-order valence-corrected chi connectivity index (χ0v) is 13.7. The van der Waals surface area contributed by atoms with Gasteiger partial charge in [-0.2, -0.15) is 0 Å². The molecule has 0 aliphatic carbocycles. The number of aromatic amines is 1. The quantitative estimate of drug-likeness (QED) is 0.843. The van der Waals surface area contributed by atoms with E-state index in [-0.39, 0.29) is 24.9 Å². The van der Waals surface area contributed by atoms with Gasteiger partial charge in [0.1, 0.15) is 0 Å². The number of hydrogen-bond donors (Lipinski definition) is 2. The first-order valence-electron chi connectivity index (χ1n) is 8.26. The van der Waals surface area contributed by atoms with Crippen molar-refractivity contribution in [3.63, 3.8) is 0 Å². The van der Waals surface area contributed by atoms with Crippen molar-refractivity contribution in [2.24, 2.45) is 0 Å². The molecule has 1 saturated heterocycles. The lowest BCUT2D eigenvalue weighted by atomic mass is 10.1. The van der Waals surface area contributed by atoms with Crippen LogP contribution in [0, 0.1) is 0 Å². The van der Waals surface area contributed by atoms with Crippen molar-refractivity contribution in [3.05, 3.63) is 45.1 Å². The summed E-state index contributed by atoms with van der Waals surface area (Å²) >= 11 is 0. The first-order valence-corrected chi connectivity index (χ1v) is 8.26. The monoisotopic (exact) mass is 330 g/mol. The van der Waals surface area contributed by atoms with Gasteiger partial charge in [0.2, 0.25) is 5.91 Å². The minimum absolute atomic E-state index is 0.0177. The van der Waals surface area contributed by atoms with Crippen LogP contribution in [0.25, 0.3) is 10.9 Å². The summed E-state index contributed by atoms with van der Waals surface area (Å²) in [6.45, 7) is 2.10. The minimum atomic E-state index is -0.476. The topological polar surface area (TPSA) is 87.2 Å². The molecular formula is C17H22N4O3. The molecule has 7 heteroatoms. The van der Waals surface area contributed by atoms with Crippen LogP contribution < -0.4 is 16.6 Å². The van der Waals surface area contributed by atoms with E-state index < -0.39 is 11.2 Å². The zero-order chi connectivity index (χ0) is 17.1. The number of aromatic nitrogens is 2. The van der Waals surface area contributed by atoms with Crippen LogP contribution >= 0.6 is 0 Å². The van der Waals surface area contributed by atoms with Gasteiger partial charge in [-0.3, -0.25) is 19.1 Å². The highest BCUT2D eigenvalue weighted by Gasteiger charge is 2.21. The second kappa shape index (κ2) is 7.00. The molecule has 0 atom stereocenters. The molecule has 0 radical (unpaired) electrons. The molecule has 2 N–H and O–H groups in total. The number of hydrogen-bond acceptors (Lipinski definition) is 4. The maximum Gasteiger partial charge on any atom is 0.328 e. The third kappa shape index (κ3) is 3.26. The second-order valence-electron chi connectivity index (χ2n) is 6.16. The molecule has 3 rings (SSSR count). The van der Waals surface area contributed by atoms with Crippen LogP contribution in [-0.2, 0) is 11.3 Å². The summed E-state index contributed by atoms with van der Waals surface area (Å²) in [6.07, 6.45) is 2.13. The van der Waals surface area contributed by atoms with Crippen molar-refractivity contribution in [2.45, 2.75) is 31.8 Å². The standard InChI is InChI=1S/C17H22N4O3/c1-20(12-6-9-18-10-7-12)15(22)8-11-21-14-5-3-2-4-13(14)16(23)19-17(21)24/h2-5,12,18H,6-11H2,1H3,(H,19,23,24). The molecule has 1 aliphatic rings. The lowest BCUT2D eigenvalue weighted by molar-refractivity contribution is -0.132. The Morgan fingerprint density at radius 1 is 1.25 bits per heavy atom. The molecule has 1 aromatic heterocycles. The third-order valence-corrected chi connectivity index (χ3v) is 4.70. The number of amides is 1. The van der Waals surface area contributed by atoms with Crippen LogP contribution in [-0.4, -0.2) is 46.5 Å². The summed E-state index contributed by atoms with van der Waals surface area (Å²) in [4.78, 5) is 40.5. The molecule has 7 nitrogen and oxygen atoms in total. The van der Waals surface area contributed by atoms with Crippen LogP contribution in [0.2, 0.25) is 0 Å². The Morgan fingerprint density at radius 2 is 1.96 bits per heavy atom. The van der Waals surface area contributed by atoms with E-state index in [1.807, 2.05) is 7.05 Å². The Morgan fingerprint density at radius 3 is 2.71 bits per heavy atom. The first kappa shape index (κ1) is 16.4. The largest absolute Gasteiger partial charge is 0.343 e. The Kier molecular flexibility index (Phi) is 4.80. The number of piperidine rings is 1. The molecule has 0 saturated carbocycles. The third-order valence-electron chi connectivity index (χ3n) is 4.70. The summed E-state index contributed by atoms with van der Waals surface area (Å²) in [7, 11) is 1.83. The number of carbonyl (C=O) groups excluding carboxylic acids is 1. The zero-order valence-electron chi connectivity index (χ0n) is 13.7. The lowest BCUT2D eigenvalue weighted by Gasteiger charge is -2.31. The molecule has 24 heavy (non-hydrogen) atoms. The fraction of sp³-hybridized carbons (Fsp3) is 0.471. The molecule has 1 aliphatic heterocycles. The van der Waals surface area contributed by atoms with Gasteiger partial charge in [-0.25, -0.2) is 4.79 Å². The van der Waals surface area contributed by atoms with Crippen molar-refractivity contribution in [2.75, 3.05) is 20.1 Å². The maximum absolute atomic E-state index is 12.4. The van der Waals surface area contributed by atoms with Gasteiger partial charge in [0, 0.05) is 26.1 Å². The van der Waals surface area contributed by atoms with Crippen LogP contribution in [0.15, 0.2) is 33.9 Å². The van der Waals surface area contributed by atoms with Gasteiger partial charge in [-0.15, -0.1) is 0 Å². The van der Waals surface area contributed by atoms with Crippen LogP contribution in [0.3, 0.4) is 0 Å². The summed E-state index contributed by atoms with van der Waals surface area (Å²) in [5, 5.41) is 3.74. The fourth-order valence-corrected chi connectivity index (χ4v) is 3.25. The van der Waals surface area contributed by atoms with Gasteiger partial charge in [0.25, 0.3) is 5.56 Å². The van der Waals surface area contributed by atoms with Gasteiger partial charge >= 0.3 is 5.69 Å². The molecule has 0 unspecified atom stereocenters. The number of rotatable bonds is 4. The molecular weight excluding hydrogens is 308 g/mol. The summed E-state index contributed by atoms with van der Waals surface area (Å²) in [5.74, 6) is 0.0177. The van der Waals surface area contributed by atoms with Crippen molar-refractivity contribution in [1.29, 1.82) is 0 Å². The van der Waals surface area contributed by atoms with Gasteiger partial charge < -0.3 is 10.2 Å². The van der Waals surface area contributed by atoms with E-state index in [4.69, 9.17) is 0 Å². The summed E-state index contributed by atoms with van der Waals surface area (Å²) in [5.41, 5.74) is -0.315. The first-order chi connectivity index (χ1) is 11.6. The van der Waals surface area contributed by atoms with E-state index in [0.29, 0.717) is 10.9 Å². The normalized spacial score (nSPS) is 15.5. The van der Waals surface area contributed by atoms with Gasteiger partial charge in [-0.1, -0.05) is 12.1 Å². The van der Waals surface area contributed by atoms with Crippen molar-refractivity contribution in [1.82, 2.24) is 19.8 Å². The molecule has 2 heterocycles.